The Labute approximate surface area is 148 Å². The van der Waals surface area contributed by atoms with Crippen LogP contribution >= 0.6 is 0 Å². The van der Waals surface area contributed by atoms with Crippen LogP contribution in [0, 0.1) is 5.92 Å². The monoisotopic (exact) mass is 342 g/mol. The fourth-order valence-electron chi connectivity index (χ4n) is 3.90. The SMILES string of the molecule is CCc1ccc(C(=O)CN2C(=O)NC3(CCC(CC)CC3)C2=O)cc1. The Bertz CT molecular complexity index is 673. The number of benzene rings is 1. The first-order valence-electron chi connectivity index (χ1n) is 9.25. The number of carbonyl (C=O) groups is 3. The second-order valence-electron chi connectivity index (χ2n) is 7.23. The van der Waals surface area contributed by atoms with E-state index < -0.39 is 11.6 Å². The van der Waals surface area contributed by atoms with Crippen molar-refractivity contribution < 1.29 is 14.4 Å². The fourth-order valence-corrected chi connectivity index (χ4v) is 3.90. The molecule has 5 nitrogen and oxygen atoms in total. The summed E-state index contributed by atoms with van der Waals surface area (Å²) < 4.78 is 0. The van der Waals surface area contributed by atoms with Gasteiger partial charge in [0.05, 0.1) is 6.54 Å². The second kappa shape index (κ2) is 6.98. The van der Waals surface area contributed by atoms with Crippen LogP contribution in [0.2, 0.25) is 0 Å². The van der Waals surface area contributed by atoms with Crippen LogP contribution < -0.4 is 5.32 Å². The standard InChI is InChI=1S/C20H26N2O3/c1-3-14-5-7-16(8-6-14)17(23)13-22-18(24)20(21-19(22)25)11-9-15(4-2)10-12-20/h5-8,15H,3-4,9-13H2,1-2H3,(H,21,25). The lowest BCUT2D eigenvalue weighted by atomic mass is 9.75. The normalized spacial score (nSPS) is 26.2. The predicted octanol–water partition coefficient (Wildman–Crippen LogP) is 3.32. The molecular weight excluding hydrogens is 316 g/mol. The van der Waals surface area contributed by atoms with Crippen molar-refractivity contribution in [2.45, 2.75) is 57.9 Å². The van der Waals surface area contributed by atoms with Gasteiger partial charge in [-0.1, -0.05) is 44.5 Å². The maximum Gasteiger partial charge on any atom is 0.325 e. The number of amides is 3. The van der Waals surface area contributed by atoms with Crippen molar-refractivity contribution in [2.75, 3.05) is 6.54 Å². The van der Waals surface area contributed by atoms with E-state index in [0.717, 1.165) is 36.1 Å². The molecule has 3 rings (SSSR count). The summed E-state index contributed by atoms with van der Waals surface area (Å²) in [6, 6.07) is 6.92. The molecular formula is C20H26N2O3. The average molecular weight is 342 g/mol. The molecule has 25 heavy (non-hydrogen) atoms. The number of aryl methyl sites for hydroxylation is 1. The summed E-state index contributed by atoms with van der Waals surface area (Å²) in [4.78, 5) is 38.8. The molecule has 1 heterocycles. The van der Waals surface area contributed by atoms with E-state index in [1.165, 1.54) is 0 Å². The zero-order valence-electron chi connectivity index (χ0n) is 15.0. The molecule has 1 N–H and O–H groups in total. The van der Waals surface area contributed by atoms with Crippen LogP contribution in [0.15, 0.2) is 24.3 Å². The van der Waals surface area contributed by atoms with Crippen LogP contribution in [0.1, 0.15) is 61.9 Å². The zero-order chi connectivity index (χ0) is 18.0. The Kier molecular flexibility index (Phi) is 4.93. The van der Waals surface area contributed by atoms with Gasteiger partial charge in [0, 0.05) is 5.56 Å². The summed E-state index contributed by atoms with van der Waals surface area (Å²) >= 11 is 0. The topological polar surface area (TPSA) is 66.5 Å². The third-order valence-electron chi connectivity index (χ3n) is 5.77. The number of Topliss-reactive ketones (excluding diaryl/α,β-unsaturated/α-hetero) is 1. The van der Waals surface area contributed by atoms with Gasteiger partial charge in [-0.2, -0.15) is 0 Å². The van der Waals surface area contributed by atoms with Gasteiger partial charge in [0.25, 0.3) is 5.91 Å². The van der Waals surface area contributed by atoms with Gasteiger partial charge in [0.2, 0.25) is 0 Å². The van der Waals surface area contributed by atoms with Gasteiger partial charge in [0.15, 0.2) is 5.78 Å². The molecule has 1 aliphatic carbocycles. The number of hydrogen-bond donors (Lipinski definition) is 1. The van der Waals surface area contributed by atoms with Gasteiger partial charge < -0.3 is 5.32 Å². The third kappa shape index (κ3) is 3.32. The summed E-state index contributed by atoms with van der Waals surface area (Å²) in [6.07, 6.45) is 5.25. The summed E-state index contributed by atoms with van der Waals surface area (Å²) in [5.41, 5.74) is 0.904. The van der Waals surface area contributed by atoms with Crippen molar-refractivity contribution in [1.82, 2.24) is 10.2 Å². The molecule has 1 aliphatic heterocycles. The Morgan fingerprint density at radius 1 is 1.16 bits per heavy atom. The summed E-state index contributed by atoms with van der Waals surface area (Å²) in [7, 11) is 0. The zero-order valence-corrected chi connectivity index (χ0v) is 15.0. The quantitative estimate of drug-likeness (QED) is 0.659. The molecule has 5 heteroatoms. The van der Waals surface area contributed by atoms with Gasteiger partial charge in [-0.05, 0) is 43.6 Å². The van der Waals surface area contributed by atoms with Crippen LogP contribution in [0.25, 0.3) is 0 Å². The minimum Gasteiger partial charge on any atom is -0.323 e. The minimum atomic E-state index is -0.783. The Morgan fingerprint density at radius 2 is 1.80 bits per heavy atom. The van der Waals surface area contributed by atoms with Crippen LogP contribution in [-0.2, 0) is 11.2 Å². The van der Waals surface area contributed by atoms with Crippen LogP contribution in [-0.4, -0.2) is 34.7 Å². The van der Waals surface area contributed by atoms with E-state index in [9.17, 15) is 14.4 Å². The molecule has 0 aromatic heterocycles. The van der Waals surface area contributed by atoms with Crippen LogP contribution in [0.5, 0.6) is 0 Å². The Balaban J connectivity index is 1.69. The van der Waals surface area contributed by atoms with Crippen molar-refractivity contribution in [2.24, 2.45) is 5.92 Å². The van der Waals surface area contributed by atoms with E-state index in [4.69, 9.17) is 0 Å². The molecule has 1 saturated heterocycles. The Morgan fingerprint density at radius 3 is 2.36 bits per heavy atom. The second-order valence-corrected chi connectivity index (χ2v) is 7.23. The smallest absolute Gasteiger partial charge is 0.323 e. The van der Waals surface area contributed by atoms with Crippen molar-refractivity contribution in [3.8, 4) is 0 Å². The first kappa shape index (κ1) is 17.6. The van der Waals surface area contributed by atoms with Gasteiger partial charge >= 0.3 is 6.03 Å². The highest BCUT2D eigenvalue weighted by Crippen LogP contribution is 2.37. The molecule has 0 unspecified atom stereocenters. The number of rotatable bonds is 5. The van der Waals surface area contributed by atoms with Crippen molar-refractivity contribution >= 4 is 17.7 Å². The van der Waals surface area contributed by atoms with Crippen molar-refractivity contribution in [3.63, 3.8) is 0 Å². The number of ketones is 1. The lowest BCUT2D eigenvalue weighted by molar-refractivity contribution is -0.132. The molecule has 2 aliphatic rings. The molecule has 1 aromatic carbocycles. The van der Waals surface area contributed by atoms with E-state index in [1.54, 1.807) is 12.1 Å². The maximum atomic E-state index is 12.8. The van der Waals surface area contributed by atoms with E-state index in [2.05, 4.69) is 19.2 Å². The predicted molar refractivity (Wildman–Crippen MR) is 95.4 cm³/mol. The number of nitrogens with zero attached hydrogens (tertiary/aromatic N) is 1. The first-order chi connectivity index (χ1) is 12.0. The number of imide groups is 1. The molecule has 0 radical (unpaired) electrons. The molecule has 1 saturated carbocycles. The van der Waals surface area contributed by atoms with Gasteiger partial charge in [0.1, 0.15) is 5.54 Å². The largest absolute Gasteiger partial charge is 0.325 e. The number of nitrogens with one attached hydrogen (secondary N) is 1. The summed E-state index contributed by atoms with van der Waals surface area (Å²) in [5, 5.41) is 2.87. The highest BCUT2D eigenvalue weighted by atomic mass is 16.2. The number of carbonyl (C=O) groups excluding carboxylic acids is 3. The molecule has 0 bridgehead atoms. The van der Waals surface area contributed by atoms with E-state index in [0.29, 0.717) is 24.3 Å². The molecule has 1 spiro atoms. The fraction of sp³-hybridized carbons (Fsp3) is 0.550. The average Bonchev–Trinajstić information content (AvgIpc) is 2.86. The molecule has 134 valence electrons. The summed E-state index contributed by atoms with van der Waals surface area (Å²) in [6.45, 7) is 4.03. The highest BCUT2D eigenvalue weighted by Gasteiger charge is 2.52. The van der Waals surface area contributed by atoms with Crippen LogP contribution in [0.4, 0.5) is 4.79 Å². The molecule has 3 amide bonds. The number of hydrogen-bond acceptors (Lipinski definition) is 3. The third-order valence-corrected chi connectivity index (χ3v) is 5.77. The van der Waals surface area contributed by atoms with Gasteiger partial charge in [-0.15, -0.1) is 0 Å². The van der Waals surface area contributed by atoms with E-state index in [1.807, 2.05) is 12.1 Å². The molecule has 0 atom stereocenters. The lowest BCUT2D eigenvalue weighted by Crippen LogP contribution is -2.49. The van der Waals surface area contributed by atoms with Crippen molar-refractivity contribution in [1.29, 1.82) is 0 Å². The summed E-state index contributed by atoms with van der Waals surface area (Å²) in [5.74, 6) is 0.194. The van der Waals surface area contributed by atoms with E-state index in [-0.39, 0.29) is 18.2 Å². The maximum absolute atomic E-state index is 12.8. The van der Waals surface area contributed by atoms with Crippen LogP contribution in [0.3, 0.4) is 0 Å². The van der Waals surface area contributed by atoms with Gasteiger partial charge in [-0.3, -0.25) is 14.5 Å². The molecule has 1 aromatic rings. The minimum absolute atomic E-state index is 0.185. The first-order valence-corrected chi connectivity index (χ1v) is 9.25. The molecule has 2 fully saturated rings. The number of urea groups is 1. The highest BCUT2D eigenvalue weighted by molar-refractivity contribution is 6.11. The van der Waals surface area contributed by atoms with E-state index >= 15 is 0 Å². The van der Waals surface area contributed by atoms with Crippen molar-refractivity contribution in [3.05, 3.63) is 35.4 Å². The lowest BCUT2D eigenvalue weighted by Gasteiger charge is -2.34. The Hall–Kier alpha value is -2.17. The van der Waals surface area contributed by atoms with Gasteiger partial charge in [-0.25, -0.2) is 4.79 Å².